The van der Waals surface area contributed by atoms with Crippen LogP contribution >= 0.6 is 0 Å². The van der Waals surface area contributed by atoms with E-state index >= 15 is 0 Å². The highest BCUT2D eigenvalue weighted by Crippen LogP contribution is 2.21. The predicted molar refractivity (Wildman–Crippen MR) is 78.5 cm³/mol. The van der Waals surface area contributed by atoms with Crippen LogP contribution in [0.25, 0.3) is 11.3 Å². The van der Waals surface area contributed by atoms with Crippen molar-refractivity contribution in [3.05, 3.63) is 60.9 Å². The summed E-state index contributed by atoms with van der Waals surface area (Å²) < 4.78 is 5.20. The van der Waals surface area contributed by atoms with E-state index in [0.29, 0.717) is 17.1 Å². The van der Waals surface area contributed by atoms with E-state index in [0.717, 1.165) is 5.56 Å². The molecule has 0 spiro atoms. The number of pyridine rings is 1. The molecule has 2 heterocycles. The number of hydrogen-bond acceptors (Lipinski definition) is 5. The van der Waals surface area contributed by atoms with Crippen LogP contribution in [-0.4, -0.2) is 15.9 Å². The van der Waals surface area contributed by atoms with E-state index in [1.54, 1.807) is 30.5 Å². The number of carbonyl (C=O) groups excluding carboxylic acids is 1. The third kappa shape index (κ3) is 2.74. The number of nitrogens with one attached hydrogen (secondary N) is 1. The third-order valence-electron chi connectivity index (χ3n) is 2.91. The monoisotopic (exact) mass is 280 g/mol. The van der Waals surface area contributed by atoms with Crippen molar-refractivity contribution in [2.24, 2.45) is 0 Å². The van der Waals surface area contributed by atoms with Crippen LogP contribution < -0.4 is 11.1 Å². The second kappa shape index (κ2) is 5.46. The van der Waals surface area contributed by atoms with Gasteiger partial charge in [0.2, 0.25) is 0 Å². The van der Waals surface area contributed by atoms with E-state index in [9.17, 15) is 4.79 Å². The highest BCUT2D eigenvalue weighted by atomic mass is 16.3. The Kier molecular flexibility index (Phi) is 3.34. The van der Waals surface area contributed by atoms with Crippen LogP contribution in [0.5, 0.6) is 0 Å². The zero-order valence-electron chi connectivity index (χ0n) is 11.0. The van der Waals surface area contributed by atoms with Gasteiger partial charge in [0, 0.05) is 17.4 Å². The van der Waals surface area contributed by atoms with E-state index in [1.807, 2.05) is 12.1 Å². The lowest BCUT2D eigenvalue weighted by Gasteiger charge is -2.06. The van der Waals surface area contributed by atoms with Gasteiger partial charge in [0.1, 0.15) is 0 Å². The summed E-state index contributed by atoms with van der Waals surface area (Å²) in [6.07, 6.45) is 4.52. The van der Waals surface area contributed by atoms with E-state index in [-0.39, 0.29) is 11.6 Å². The molecule has 2 aromatic heterocycles. The summed E-state index contributed by atoms with van der Waals surface area (Å²) in [5.74, 6) is 0.322. The molecule has 3 N–H and O–H groups in total. The molecule has 0 atom stereocenters. The number of nitrogens with two attached hydrogens (primary N) is 1. The zero-order chi connectivity index (χ0) is 14.7. The van der Waals surface area contributed by atoms with Gasteiger partial charge in [-0.2, -0.15) is 0 Å². The lowest BCUT2D eigenvalue weighted by Crippen LogP contribution is -2.15. The summed E-state index contributed by atoms with van der Waals surface area (Å²) >= 11 is 0. The standard InChI is InChI=1S/C15H12N4O2/c16-12-2-1-7-18-14(12)15(20)19-11-5-3-10(4-6-11)13-8-17-9-21-13/h1-9H,16H2,(H,19,20). The number of rotatable bonds is 3. The van der Waals surface area contributed by atoms with Crippen molar-refractivity contribution in [2.45, 2.75) is 0 Å². The molecule has 0 aliphatic rings. The molecule has 0 bridgehead atoms. The number of carbonyl (C=O) groups is 1. The fourth-order valence-electron chi connectivity index (χ4n) is 1.87. The van der Waals surface area contributed by atoms with Crippen LogP contribution in [0.4, 0.5) is 11.4 Å². The molecule has 3 rings (SSSR count). The van der Waals surface area contributed by atoms with Crippen molar-refractivity contribution in [1.29, 1.82) is 0 Å². The molecule has 0 fully saturated rings. The maximum Gasteiger partial charge on any atom is 0.276 e. The normalized spacial score (nSPS) is 10.3. The number of nitrogen functional groups attached to an aromatic ring is 1. The van der Waals surface area contributed by atoms with Crippen molar-refractivity contribution in [3.8, 4) is 11.3 Å². The van der Waals surface area contributed by atoms with Gasteiger partial charge in [0.05, 0.1) is 11.9 Å². The largest absolute Gasteiger partial charge is 0.444 e. The first-order valence-corrected chi connectivity index (χ1v) is 6.25. The van der Waals surface area contributed by atoms with E-state index in [1.165, 1.54) is 12.6 Å². The number of aromatic nitrogens is 2. The minimum Gasteiger partial charge on any atom is -0.444 e. The summed E-state index contributed by atoms with van der Waals surface area (Å²) in [5.41, 5.74) is 7.79. The van der Waals surface area contributed by atoms with Crippen LogP contribution in [0.2, 0.25) is 0 Å². The number of hydrogen-bond donors (Lipinski definition) is 2. The molecular weight excluding hydrogens is 268 g/mol. The lowest BCUT2D eigenvalue weighted by molar-refractivity contribution is 0.102. The van der Waals surface area contributed by atoms with Gasteiger partial charge in [-0.15, -0.1) is 0 Å². The van der Waals surface area contributed by atoms with E-state index in [4.69, 9.17) is 10.2 Å². The predicted octanol–water partition coefficient (Wildman–Crippen LogP) is 2.57. The molecular formula is C15H12N4O2. The zero-order valence-corrected chi connectivity index (χ0v) is 11.0. The molecule has 6 nitrogen and oxygen atoms in total. The molecule has 0 saturated carbocycles. The molecule has 0 saturated heterocycles. The maximum atomic E-state index is 12.1. The first kappa shape index (κ1) is 12.9. The molecule has 0 aliphatic heterocycles. The van der Waals surface area contributed by atoms with Crippen molar-refractivity contribution in [3.63, 3.8) is 0 Å². The van der Waals surface area contributed by atoms with Crippen molar-refractivity contribution in [2.75, 3.05) is 11.1 Å². The first-order valence-electron chi connectivity index (χ1n) is 6.25. The Labute approximate surface area is 120 Å². The average molecular weight is 280 g/mol. The van der Waals surface area contributed by atoms with Crippen LogP contribution in [0.1, 0.15) is 10.5 Å². The molecule has 3 aromatic rings. The number of amides is 1. The maximum absolute atomic E-state index is 12.1. The van der Waals surface area contributed by atoms with Gasteiger partial charge >= 0.3 is 0 Å². The number of nitrogens with zero attached hydrogens (tertiary/aromatic N) is 2. The van der Waals surface area contributed by atoms with Gasteiger partial charge in [-0.1, -0.05) is 0 Å². The SMILES string of the molecule is Nc1cccnc1C(=O)Nc1ccc(-c2cnco2)cc1. The molecule has 0 radical (unpaired) electrons. The summed E-state index contributed by atoms with van der Waals surface area (Å²) in [4.78, 5) is 19.9. The molecule has 1 amide bonds. The molecule has 21 heavy (non-hydrogen) atoms. The summed E-state index contributed by atoms with van der Waals surface area (Å²) in [7, 11) is 0. The van der Waals surface area contributed by atoms with Crippen LogP contribution in [-0.2, 0) is 0 Å². The van der Waals surface area contributed by atoms with Crippen molar-refractivity contribution in [1.82, 2.24) is 9.97 Å². The number of benzene rings is 1. The lowest BCUT2D eigenvalue weighted by atomic mass is 10.1. The Hall–Kier alpha value is -3.15. The summed E-state index contributed by atoms with van der Waals surface area (Å²) in [6.45, 7) is 0. The minimum absolute atomic E-state index is 0.205. The summed E-state index contributed by atoms with van der Waals surface area (Å²) in [5, 5.41) is 2.74. The van der Waals surface area contributed by atoms with Crippen LogP contribution in [0, 0.1) is 0 Å². The smallest absolute Gasteiger partial charge is 0.276 e. The second-order valence-electron chi connectivity index (χ2n) is 4.34. The number of oxazole rings is 1. The average Bonchev–Trinajstić information content (AvgIpc) is 3.02. The van der Waals surface area contributed by atoms with Gasteiger partial charge in [-0.3, -0.25) is 4.79 Å². The Balaban J connectivity index is 1.77. The van der Waals surface area contributed by atoms with E-state index in [2.05, 4.69) is 15.3 Å². The topological polar surface area (TPSA) is 94.0 Å². The van der Waals surface area contributed by atoms with Gasteiger partial charge in [0.25, 0.3) is 5.91 Å². The molecule has 104 valence electrons. The Bertz CT molecular complexity index is 752. The van der Waals surface area contributed by atoms with Gasteiger partial charge in [0.15, 0.2) is 17.8 Å². The fraction of sp³-hybridized carbons (Fsp3) is 0. The van der Waals surface area contributed by atoms with Crippen molar-refractivity contribution < 1.29 is 9.21 Å². The molecule has 0 unspecified atom stereocenters. The number of anilines is 2. The van der Waals surface area contributed by atoms with Gasteiger partial charge < -0.3 is 15.5 Å². The van der Waals surface area contributed by atoms with Crippen LogP contribution in [0.15, 0.2) is 59.6 Å². The third-order valence-corrected chi connectivity index (χ3v) is 2.91. The van der Waals surface area contributed by atoms with Crippen LogP contribution in [0.3, 0.4) is 0 Å². The Morgan fingerprint density at radius 2 is 2.00 bits per heavy atom. The Morgan fingerprint density at radius 3 is 2.67 bits per heavy atom. The van der Waals surface area contributed by atoms with Crippen molar-refractivity contribution >= 4 is 17.3 Å². The van der Waals surface area contributed by atoms with E-state index < -0.39 is 0 Å². The highest BCUT2D eigenvalue weighted by Gasteiger charge is 2.11. The second-order valence-corrected chi connectivity index (χ2v) is 4.34. The fourth-order valence-corrected chi connectivity index (χ4v) is 1.87. The molecule has 1 aromatic carbocycles. The molecule has 6 heteroatoms. The Morgan fingerprint density at radius 1 is 1.19 bits per heavy atom. The quantitative estimate of drug-likeness (QED) is 0.769. The first-order chi connectivity index (χ1) is 10.2. The van der Waals surface area contributed by atoms with Gasteiger partial charge in [-0.25, -0.2) is 9.97 Å². The van der Waals surface area contributed by atoms with Gasteiger partial charge in [-0.05, 0) is 36.4 Å². The minimum atomic E-state index is -0.347. The summed E-state index contributed by atoms with van der Waals surface area (Å²) in [6, 6.07) is 10.5. The highest BCUT2D eigenvalue weighted by molar-refractivity contribution is 6.06. The molecule has 0 aliphatic carbocycles.